The normalized spacial score (nSPS) is 11.1. The van der Waals surface area contributed by atoms with Gasteiger partial charge in [0.05, 0.1) is 17.8 Å². The number of H-pyrrole nitrogens is 1. The summed E-state index contributed by atoms with van der Waals surface area (Å²) in [6.07, 6.45) is 0. The van der Waals surface area contributed by atoms with Gasteiger partial charge in [0, 0.05) is 19.7 Å². The zero-order valence-corrected chi connectivity index (χ0v) is 12.4. The molecule has 7 heteroatoms. The molecule has 1 N–H and O–H groups in total. The van der Waals surface area contributed by atoms with Gasteiger partial charge in [-0.1, -0.05) is 19.0 Å². The Morgan fingerprint density at radius 2 is 2.10 bits per heavy atom. The number of nitrogens with zero attached hydrogens (tertiary/aromatic N) is 4. The van der Waals surface area contributed by atoms with Crippen molar-refractivity contribution in [1.82, 2.24) is 25.2 Å². The molecule has 0 unspecified atom stereocenters. The zero-order valence-electron chi connectivity index (χ0n) is 12.4. The molecule has 0 aromatic carbocycles. The number of nitrogens with one attached hydrogen (secondary N) is 1. The highest BCUT2D eigenvalue weighted by molar-refractivity contribution is 5.96. The maximum absolute atomic E-state index is 12.5. The molecule has 0 radical (unpaired) electrons. The minimum absolute atomic E-state index is 0.0950. The molecule has 108 valence electrons. The molecule has 0 fully saturated rings. The Balaban J connectivity index is 2.20. The Labute approximate surface area is 117 Å². The monoisotopic (exact) mass is 277 g/mol. The summed E-state index contributed by atoms with van der Waals surface area (Å²) in [5.41, 5.74) is 2.18. The molecule has 0 saturated carbocycles. The number of hydrogen-bond donors (Lipinski definition) is 1. The van der Waals surface area contributed by atoms with Crippen LogP contribution in [0.1, 0.15) is 53.2 Å². The molecular weight excluding hydrogens is 258 g/mol. The largest absolute Gasteiger partial charge is 0.340 e. The maximum atomic E-state index is 12.5. The van der Waals surface area contributed by atoms with Gasteiger partial charge < -0.3 is 9.42 Å². The highest BCUT2D eigenvalue weighted by Gasteiger charge is 2.23. The average Bonchev–Trinajstić information content (AvgIpc) is 2.94. The number of carbonyl (C=O) groups excluding carboxylic acids is 1. The first-order valence-corrected chi connectivity index (χ1v) is 6.49. The predicted molar refractivity (Wildman–Crippen MR) is 72.2 cm³/mol. The second-order valence-corrected chi connectivity index (χ2v) is 5.15. The summed E-state index contributed by atoms with van der Waals surface area (Å²) in [6, 6.07) is 0. The standard InChI is InChI=1S/C13H19N5O2/c1-7(2)12-11(8(3)15-16-12)13(19)18(5)6-10-14-9(4)20-17-10/h7H,6H2,1-5H3,(H,15,16). The first kappa shape index (κ1) is 14.2. The van der Waals surface area contributed by atoms with Crippen LogP contribution in [0.5, 0.6) is 0 Å². The van der Waals surface area contributed by atoms with E-state index in [2.05, 4.69) is 20.3 Å². The van der Waals surface area contributed by atoms with Gasteiger partial charge in [-0.15, -0.1) is 0 Å². The second-order valence-electron chi connectivity index (χ2n) is 5.15. The van der Waals surface area contributed by atoms with Crippen LogP contribution in [-0.4, -0.2) is 38.2 Å². The van der Waals surface area contributed by atoms with Crippen LogP contribution in [-0.2, 0) is 6.54 Å². The fraction of sp³-hybridized carbons (Fsp3) is 0.538. The van der Waals surface area contributed by atoms with E-state index in [0.29, 0.717) is 23.8 Å². The lowest BCUT2D eigenvalue weighted by molar-refractivity contribution is 0.0778. The van der Waals surface area contributed by atoms with E-state index in [-0.39, 0.29) is 11.8 Å². The van der Waals surface area contributed by atoms with Crippen LogP contribution < -0.4 is 0 Å². The SMILES string of the molecule is Cc1nc(CN(C)C(=O)c2c(C(C)C)n[nH]c2C)no1. The van der Waals surface area contributed by atoms with Crippen LogP contribution in [0.4, 0.5) is 0 Å². The van der Waals surface area contributed by atoms with E-state index in [1.807, 2.05) is 20.8 Å². The number of carbonyl (C=O) groups is 1. The molecule has 20 heavy (non-hydrogen) atoms. The first-order valence-electron chi connectivity index (χ1n) is 6.49. The van der Waals surface area contributed by atoms with Crippen molar-refractivity contribution in [2.45, 2.75) is 40.2 Å². The number of aryl methyl sites for hydroxylation is 2. The third-order valence-corrected chi connectivity index (χ3v) is 3.03. The van der Waals surface area contributed by atoms with Crippen molar-refractivity contribution in [2.75, 3.05) is 7.05 Å². The summed E-state index contributed by atoms with van der Waals surface area (Å²) in [4.78, 5) is 18.2. The van der Waals surface area contributed by atoms with Crippen LogP contribution in [0.25, 0.3) is 0 Å². The summed E-state index contributed by atoms with van der Waals surface area (Å²) in [6.45, 7) is 7.88. The summed E-state index contributed by atoms with van der Waals surface area (Å²) in [7, 11) is 1.71. The highest BCUT2D eigenvalue weighted by atomic mass is 16.5. The molecule has 0 atom stereocenters. The fourth-order valence-electron chi connectivity index (χ4n) is 2.02. The van der Waals surface area contributed by atoms with Crippen molar-refractivity contribution in [1.29, 1.82) is 0 Å². The predicted octanol–water partition coefficient (Wildman–Crippen LogP) is 1.81. The van der Waals surface area contributed by atoms with E-state index in [0.717, 1.165) is 11.4 Å². The minimum Gasteiger partial charge on any atom is -0.340 e. The van der Waals surface area contributed by atoms with Crippen LogP contribution in [0, 0.1) is 13.8 Å². The van der Waals surface area contributed by atoms with Gasteiger partial charge in [-0.3, -0.25) is 9.89 Å². The van der Waals surface area contributed by atoms with E-state index in [9.17, 15) is 4.79 Å². The number of aromatic amines is 1. The Bertz CT molecular complexity index is 614. The van der Waals surface area contributed by atoms with Gasteiger partial charge in [-0.25, -0.2) is 0 Å². The Kier molecular flexibility index (Phi) is 3.87. The summed E-state index contributed by atoms with van der Waals surface area (Å²) in [5, 5.41) is 10.9. The molecule has 2 aromatic heterocycles. The van der Waals surface area contributed by atoms with E-state index >= 15 is 0 Å². The van der Waals surface area contributed by atoms with Crippen molar-refractivity contribution >= 4 is 5.91 Å². The fourth-order valence-corrected chi connectivity index (χ4v) is 2.02. The smallest absolute Gasteiger partial charge is 0.257 e. The van der Waals surface area contributed by atoms with E-state index in [4.69, 9.17) is 4.52 Å². The van der Waals surface area contributed by atoms with Crippen LogP contribution in [0.3, 0.4) is 0 Å². The van der Waals surface area contributed by atoms with E-state index in [1.165, 1.54) is 0 Å². The van der Waals surface area contributed by atoms with Crippen molar-refractivity contribution in [3.8, 4) is 0 Å². The highest BCUT2D eigenvalue weighted by Crippen LogP contribution is 2.21. The minimum atomic E-state index is -0.0950. The van der Waals surface area contributed by atoms with Crippen LogP contribution >= 0.6 is 0 Å². The third-order valence-electron chi connectivity index (χ3n) is 3.03. The van der Waals surface area contributed by atoms with Crippen molar-refractivity contribution in [3.05, 3.63) is 28.7 Å². The van der Waals surface area contributed by atoms with Gasteiger partial charge in [-0.2, -0.15) is 10.1 Å². The molecule has 0 saturated heterocycles. The van der Waals surface area contributed by atoms with Crippen LogP contribution in [0.15, 0.2) is 4.52 Å². The molecule has 2 rings (SSSR count). The molecule has 0 aliphatic heterocycles. The molecule has 0 spiro atoms. The summed E-state index contributed by atoms with van der Waals surface area (Å²) in [5.74, 6) is 1.07. The molecular formula is C13H19N5O2. The number of rotatable bonds is 4. The molecule has 2 heterocycles. The van der Waals surface area contributed by atoms with Crippen molar-refractivity contribution in [2.24, 2.45) is 0 Å². The van der Waals surface area contributed by atoms with Gasteiger partial charge in [0.15, 0.2) is 5.82 Å². The number of aromatic nitrogens is 4. The molecule has 0 aliphatic rings. The van der Waals surface area contributed by atoms with E-state index in [1.54, 1.807) is 18.9 Å². The second kappa shape index (κ2) is 5.44. The quantitative estimate of drug-likeness (QED) is 0.920. The van der Waals surface area contributed by atoms with Crippen molar-refractivity contribution in [3.63, 3.8) is 0 Å². The Morgan fingerprint density at radius 3 is 2.65 bits per heavy atom. The topological polar surface area (TPSA) is 87.9 Å². The number of hydrogen-bond acceptors (Lipinski definition) is 5. The van der Waals surface area contributed by atoms with Crippen LogP contribution in [0.2, 0.25) is 0 Å². The lowest BCUT2D eigenvalue weighted by Crippen LogP contribution is -2.28. The van der Waals surface area contributed by atoms with Gasteiger partial charge in [-0.05, 0) is 12.8 Å². The molecule has 1 amide bonds. The zero-order chi connectivity index (χ0) is 14.9. The number of amides is 1. The van der Waals surface area contributed by atoms with Gasteiger partial charge >= 0.3 is 0 Å². The van der Waals surface area contributed by atoms with Gasteiger partial charge in [0.1, 0.15) is 0 Å². The van der Waals surface area contributed by atoms with Gasteiger partial charge in [0.25, 0.3) is 5.91 Å². The molecule has 0 bridgehead atoms. The summed E-state index contributed by atoms with van der Waals surface area (Å²) < 4.78 is 4.90. The Morgan fingerprint density at radius 1 is 1.40 bits per heavy atom. The third kappa shape index (κ3) is 2.71. The lowest BCUT2D eigenvalue weighted by atomic mass is 10.0. The first-order chi connectivity index (χ1) is 9.40. The van der Waals surface area contributed by atoms with E-state index < -0.39 is 0 Å². The Hall–Kier alpha value is -2.18. The molecule has 7 nitrogen and oxygen atoms in total. The van der Waals surface area contributed by atoms with Crippen molar-refractivity contribution < 1.29 is 9.32 Å². The van der Waals surface area contributed by atoms with Gasteiger partial charge in [0.2, 0.25) is 5.89 Å². The average molecular weight is 277 g/mol. The molecule has 0 aliphatic carbocycles. The maximum Gasteiger partial charge on any atom is 0.257 e. The summed E-state index contributed by atoms with van der Waals surface area (Å²) >= 11 is 0. The lowest BCUT2D eigenvalue weighted by Gasteiger charge is -2.16. The molecule has 2 aromatic rings.